The minimum atomic E-state index is -1.98. The summed E-state index contributed by atoms with van der Waals surface area (Å²) < 4.78 is 34.4. The molecular weight excluding hydrogens is 704 g/mol. The number of carbonyl (C=O) groups is 1. The standard InChI is InChI=1S/C36H36O17/c1-15-26(42)29(45)31(47)35(49-15)48-14-23-27(43)30(46)34(52-24(41)11-4-16-2-7-18(37)8-3-16)36(51-23)53-33-28(44)25-21(40)12-20(39)13-22(25)50-32(33)17-5-9-19(38)10-6-17/h2-13,15,23,26-27,29-31,34-40,42-43,45-47H,14H2,1H3. The zero-order chi connectivity index (χ0) is 38.1. The normalized spacial score (nSPS) is 28.9. The Morgan fingerprint density at radius 2 is 1.43 bits per heavy atom. The molecule has 17 heteroatoms. The summed E-state index contributed by atoms with van der Waals surface area (Å²) in [5, 5.41) is 92.7. The number of hydrogen-bond donors (Lipinski definition) is 9. The maximum absolute atomic E-state index is 14.0. The van der Waals surface area contributed by atoms with E-state index in [0.717, 1.165) is 18.2 Å². The summed E-state index contributed by atoms with van der Waals surface area (Å²) in [6, 6.07) is 13.0. The first-order valence-electron chi connectivity index (χ1n) is 16.2. The molecule has 17 nitrogen and oxygen atoms in total. The molecule has 2 aliphatic heterocycles. The van der Waals surface area contributed by atoms with Crippen LogP contribution in [0.1, 0.15) is 12.5 Å². The molecule has 10 unspecified atom stereocenters. The lowest BCUT2D eigenvalue weighted by atomic mass is 9.98. The van der Waals surface area contributed by atoms with Gasteiger partial charge in [-0.05, 0) is 55.0 Å². The Balaban J connectivity index is 1.36. The maximum Gasteiger partial charge on any atom is 0.331 e. The van der Waals surface area contributed by atoms with Gasteiger partial charge in [-0.3, -0.25) is 4.79 Å². The summed E-state index contributed by atoms with van der Waals surface area (Å²) in [7, 11) is 0. The van der Waals surface area contributed by atoms with Crippen molar-refractivity contribution >= 4 is 23.0 Å². The minimum Gasteiger partial charge on any atom is -0.508 e. The first-order valence-corrected chi connectivity index (χ1v) is 16.2. The Kier molecular flexibility index (Phi) is 10.9. The topological polar surface area (TPSA) is 275 Å². The molecule has 0 spiro atoms. The lowest BCUT2D eigenvalue weighted by Crippen LogP contribution is -2.62. The van der Waals surface area contributed by atoms with Crippen molar-refractivity contribution in [2.75, 3.05) is 6.61 Å². The zero-order valence-corrected chi connectivity index (χ0v) is 27.7. The number of phenols is 4. The highest BCUT2D eigenvalue weighted by Gasteiger charge is 2.50. The smallest absolute Gasteiger partial charge is 0.331 e. The zero-order valence-electron chi connectivity index (χ0n) is 27.7. The summed E-state index contributed by atoms with van der Waals surface area (Å²) in [6.45, 7) is 0.776. The highest BCUT2D eigenvalue weighted by atomic mass is 16.7. The van der Waals surface area contributed by atoms with Crippen molar-refractivity contribution in [3.63, 3.8) is 0 Å². The van der Waals surface area contributed by atoms with Crippen molar-refractivity contribution in [1.29, 1.82) is 0 Å². The number of carbonyl (C=O) groups excluding carboxylic acids is 1. The molecule has 1 aromatic heterocycles. The largest absolute Gasteiger partial charge is 0.508 e. The summed E-state index contributed by atoms with van der Waals surface area (Å²) >= 11 is 0. The Morgan fingerprint density at radius 3 is 2.11 bits per heavy atom. The van der Waals surface area contributed by atoms with Gasteiger partial charge in [-0.15, -0.1) is 0 Å². The Bertz CT molecular complexity index is 2010. The second-order valence-corrected chi connectivity index (χ2v) is 12.5. The lowest BCUT2D eigenvalue weighted by molar-refractivity contribution is -0.319. The van der Waals surface area contributed by atoms with Crippen LogP contribution in [0, 0.1) is 0 Å². The number of benzene rings is 3. The number of fused-ring (bicyclic) bond motifs is 1. The molecule has 10 atom stereocenters. The molecule has 4 aromatic rings. The Hall–Kier alpha value is -5.24. The lowest BCUT2D eigenvalue weighted by Gasteiger charge is -2.43. The van der Waals surface area contributed by atoms with E-state index in [1.54, 1.807) is 0 Å². The molecule has 6 rings (SSSR count). The molecule has 0 bridgehead atoms. The number of aliphatic hydroxyl groups is 5. The van der Waals surface area contributed by atoms with Gasteiger partial charge in [0.05, 0.1) is 12.7 Å². The molecule has 3 aromatic carbocycles. The van der Waals surface area contributed by atoms with E-state index in [-0.39, 0.29) is 28.4 Å². The van der Waals surface area contributed by atoms with Crippen LogP contribution in [-0.2, 0) is 23.7 Å². The van der Waals surface area contributed by atoms with Crippen LogP contribution >= 0.6 is 0 Å². The van der Waals surface area contributed by atoms with Crippen LogP contribution in [0.4, 0.5) is 0 Å². The van der Waals surface area contributed by atoms with E-state index in [1.165, 1.54) is 61.5 Å². The van der Waals surface area contributed by atoms with E-state index < -0.39 is 102 Å². The average Bonchev–Trinajstić information content (AvgIpc) is 3.12. The third-order valence-electron chi connectivity index (χ3n) is 8.72. The van der Waals surface area contributed by atoms with Gasteiger partial charge in [0.2, 0.25) is 17.5 Å². The molecular formula is C36H36O17. The number of hydrogen-bond acceptors (Lipinski definition) is 17. The van der Waals surface area contributed by atoms with Gasteiger partial charge in [0.25, 0.3) is 0 Å². The van der Waals surface area contributed by atoms with Gasteiger partial charge in [0.15, 0.2) is 18.2 Å². The highest BCUT2D eigenvalue weighted by Crippen LogP contribution is 2.38. The fraction of sp³-hybridized carbons (Fsp3) is 0.333. The monoisotopic (exact) mass is 740 g/mol. The predicted molar refractivity (Wildman–Crippen MR) is 180 cm³/mol. The predicted octanol–water partition coefficient (Wildman–Crippen LogP) is 0.577. The minimum absolute atomic E-state index is 0.0116. The molecule has 2 fully saturated rings. The number of esters is 1. The summed E-state index contributed by atoms with van der Waals surface area (Å²) in [5.74, 6) is -3.27. The van der Waals surface area contributed by atoms with Gasteiger partial charge in [-0.2, -0.15) is 0 Å². The van der Waals surface area contributed by atoms with Gasteiger partial charge < -0.3 is 74.1 Å². The molecule has 282 valence electrons. The highest BCUT2D eigenvalue weighted by molar-refractivity contribution is 5.88. The van der Waals surface area contributed by atoms with E-state index in [0.29, 0.717) is 5.56 Å². The number of aromatic hydroxyl groups is 4. The average molecular weight is 741 g/mol. The number of aliphatic hydroxyl groups excluding tert-OH is 5. The molecule has 53 heavy (non-hydrogen) atoms. The van der Waals surface area contributed by atoms with E-state index in [4.69, 9.17) is 28.1 Å². The van der Waals surface area contributed by atoms with E-state index >= 15 is 0 Å². The van der Waals surface area contributed by atoms with Gasteiger partial charge in [0.1, 0.15) is 70.6 Å². The fourth-order valence-corrected chi connectivity index (χ4v) is 5.82. The van der Waals surface area contributed by atoms with Crippen LogP contribution < -0.4 is 10.2 Å². The molecule has 0 radical (unpaired) electrons. The van der Waals surface area contributed by atoms with Crippen molar-refractivity contribution in [1.82, 2.24) is 0 Å². The maximum atomic E-state index is 14.0. The number of ether oxygens (including phenoxy) is 5. The van der Waals surface area contributed by atoms with Crippen molar-refractivity contribution < 1.29 is 78.9 Å². The molecule has 2 aliphatic rings. The van der Waals surface area contributed by atoms with Crippen LogP contribution in [0.25, 0.3) is 28.4 Å². The van der Waals surface area contributed by atoms with E-state index in [1.807, 2.05) is 0 Å². The molecule has 9 N–H and O–H groups in total. The van der Waals surface area contributed by atoms with E-state index in [2.05, 4.69) is 0 Å². The third kappa shape index (κ3) is 7.92. The van der Waals surface area contributed by atoms with Crippen molar-refractivity contribution in [3.05, 3.63) is 82.5 Å². The third-order valence-corrected chi connectivity index (χ3v) is 8.72. The molecule has 2 saturated heterocycles. The van der Waals surface area contributed by atoms with Crippen LogP contribution in [0.5, 0.6) is 28.7 Å². The van der Waals surface area contributed by atoms with Gasteiger partial charge in [-0.1, -0.05) is 12.1 Å². The van der Waals surface area contributed by atoms with Crippen LogP contribution in [0.15, 0.2) is 76.0 Å². The number of phenolic OH excluding ortho intramolecular Hbond substituents is 4. The van der Waals surface area contributed by atoms with Gasteiger partial charge in [0, 0.05) is 23.8 Å². The second-order valence-electron chi connectivity index (χ2n) is 12.5. The number of rotatable bonds is 9. The first-order chi connectivity index (χ1) is 25.2. The molecule has 0 amide bonds. The second kappa shape index (κ2) is 15.4. The van der Waals surface area contributed by atoms with Gasteiger partial charge in [-0.25, -0.2) is 4.79 Å². The first kappa shape index (κ1) is 37.5. The van der Waals surface area contributed by atoms with Crippen LogP contribution in [0.3, 0.4) is 0 Å². The Labute approximate surface area is 299 Å². The Morgan fingerprint density at radius 1 is 0.774 bits per heavy atom. The van der Waals surface area contributed by atoms with E-state index in [9.17, 15) is 55.5 Å². The quantitative estimate of drug-likeness (QED) is 0.0838. The summed E-state index contributed by atoms with van der Waals surface area (Å²) in [6.07, 6.45) is -14.1. The van der Waals surface area contributed by atoms with Crippen molar-refractivity contribution in [3.8, 4) is 40.1 Å². The summed E-state index contributed by atoms with van der Waals surface area (Å²) in [5.41, 5.74) is -0.618. The van der Waals surface area contributed by atoms with Crippen LogP contribution in [-0.4, -0.2) is 120 Å². The SMILES string of the molecule is CC1OC(OCC2OC(Oc3c(-c4ccc(O)cc4)oc4cc(O)cc(O)c4c3=O)C(OC(=O)C=Cc3ccc(O)cc3)C(O)C2O)C(O)C(O)C1O. The molecule has 3 heterocycles. The molecule has 0 aliphatic carbocycles. The van der Waals surface area contributed by atoms with Crippen molar-refractivity contribution in [2.45, 2.75) is 68.3 Å². The van der Waals surface area contributed by atoms with Gasteiger partial charge >= 0.3 is 5.97 Å². The van der Waals surface area contributed by atoms with Crippen molar-refractivity contribution in [2.24, 2.45) is 0 Å². The van der Waals surface area contributed by atoms with Crippen LogP contribution in [0.2, 0.25) is 0 Å². The summed E-state index contributed by atoms with van der Waals surface area (Å²) in [4.78, 5) is 27.0. The fourth-order valence-electron chi connectivity index (χ4n) is 5.82. The molecule has 0 saturated carbocycles.